The van der Waals surface area contributed by atoms with Crippen molar-refractivity contribution in [3.63, 3.8) is 0 Å². The predicted octanol–water partition coefficient (Wildman–Crippen LogP) is 4.56. The third-order valence-corrected chi connectivity index (χ3v) is 4.07. The van der Waals surface area contributed by atoms with Crippen molar-refractivity contribution in [2.75, 3.05) is 6.54 Å². The fourth-order valence-electron chi connectivity index (χ4n) is 3.00. The highest BCUT2D eigenvalue weighted by Crippen LogP contribution is 2.40. The molecule has 1 aliphatic rings. The maximum atomic E-state index is 6.24. The molecule has 0 saturated heterocycles. The van der Waals surface area contributed by atoms with Crippen LogP contribution in [0.15, 0.2) is 48.5 Å². The van der Waals surface area contributed by atoms with Crippen molar-refractivity contribution in [3.8, 4) is 5.75 Å². The van der Waals surface area contributed by atoms with Gasteiger partial charge in [-0.2, -0.15) is 0 Å². The number of hydrogen-bond acceptors (Lipinski definition) is 2. The highest BCUT2D eigenvalue weighted by atomic mass is 16.5. The minimum Gasteiger partial charge on any atom is -0.485 e. The Morgan fingerprint density at radius 3 is 2.81 bits per heavy atom. The van der Waals surface area contributed by atoms with Gasteiger partial charge in [-0.05, 0) is 31.5 Å². The van der Waals surface area contributed by atoms with Crippen LogP contribution < -0.4 is 10.1 Å². The standard InChI is InChI=1S/C19H23NO/c1-3-11-20-17-13-19(15-8-6-7-14(2)12-15)21-18-10-5-4-9-16(17)18/h4-10,12,17,19-20H,3,11,13H2,1-2H3. The molecule has 1 N–H and O–H groups in total. The van der Waals surface area contributed by atoms with Crippen molar-refractivity contribution >= 4 is 0 Å². The van der Waals surface area contributed by atoms with Crippen LogP contribution in [-0.2, 0) is 0 Å². The lowest BCUT2D eigenvalue weighted by Crippen LogP contribution is -2.29. The van der Waals surface area contributed by atoms with Gasteiger partial charge in [0.15, 0.2) is 0 Å². The first-order chi connectivity index (χ1) is 10.3. The molecule has 21 heavy (non-hydrogen) atoms. The number of benzene rings is 2. The Hall–Kier alpha value is -1.80. The molecule has 0 fully saturated rings. The van der Waals surface area contributed by atoms with E-state index in [0.29, 0.717) is 6.04 Å². The van der Waals surface area contributed by atoms with Crippen molar-refractivity contribution in [1.29, 1.82) is 0 Å². The number of ether oxygens (including phenoxy) is 1. The number of para-hydroxylation sites is 1. The van der Waals surface area contributed by atoms with Crippen molar-refractivity contribution < 1.29 is 4.74 Å². The summed E-state index contributed by atoms with van der Waals surface area (Å²) in [5.41, 5.74) is 3.84. The zero-order valence-electron chi connectivity index (χ0n) is 12.8. The average Bonchev–Trinajstić information content (AvgIpc) is 2.52. The summed E-state index contributed by atoms with van der Waals surface area (Å²) in [6, 6.07) is 17.4. The van der Waals surface area contributed by atoms with E-state index in [1.54, 1.807) is 0 Å². The lowest BCUT2D eigenvalue weighted by Gasteiger charge is -2.33. The molecule has 0 saturated carbocycles. The zero-order chi connectivity index (χ0) is 14.7. The molecular weight excluding hydrogens is 258 g/mol. The van der Waals surface area contributed by atoms with Gasteiger partial charge in [0, 0.05) is 18.0 Å². The molecule has 110 valence electrons. The van der Waals surface area contributed by atoms with Crippen LogP contribution >= 0.6 is 0 Å². The summed E-state index contributed by atoms with van der Waals surface area (Å²) in [4.78, 5) is 0. The van der Waals surface area contributed by atoms with E-state index < -0.39 is 0 Å². The molecule has 0 spiro atoms. The van der Waals surface area contributed by atoms with Gasteiger partial charge in [-0.3, -0.25) is 0 Å². The molecule has 2 aromatic rings. The second-order valence-corrected chi connectivity index (χ2v) is 5.80. The van der Waals surface area contributed by atoms with Gasteiger partial charge in [0.2, 0.25) is 0 Å². The van der Waals surface area contributed by atoms with Crippen LogP contribution in [0, 0.1) is 6.92 Å². The van der Waals surface area contributed by atoms with Crippen LogP contribution in [-0.4, -0.2) is 6.54 Å². The average molecular weight is 281 g/mol. The van der Waals surface area contributed by atoms with Crippen molar-refractivity contribution in [3.05, 3.63) is 65.2 Å². The lowest BCUT2D eigenvalue weighted by atomic mass is 9.92. The molecule has 0 aliphatic carbocycles. The van der Waals surface area contributed by atoms with E-state index in [0.717, 1.165) is 25.1 Å². The number of rotatable bonds is 4. The number of nitrogens with one attached hydrogen (secondary N) is 1. The molecule has 1 aliphatic heterocycles. The minimum atomic E-state index is 0.133. The molecule has 2 atom stereocenters. The van der Waals surface area contributed by atoms with E-state index in [1.165, 1.54) is 16.7 Å². The third kappa shape index (κ3) is 3.11. The summed E-state index contributed by atoms with van der Waals surface area (Å²) < 4.78 is 6.24. The second kappa shape index (κ2) is 6.31. The highest BCUT2D eigenvalue weighted by Gasteiger charge is 2.28. The van der Waals surface area contributed by atoms with Gasteiger partial charge in [0.1, 0.15) is 11.9 Å². The normalized spacial score (nSPS) is 20.7. The Morgan fingerprint density at radius 1 is 1.14 bits per heavy atom. The molecule has 3 rings (SSSR count). The summed E-state index contributed by atoms with van der Waals surface area (Å²) >= 11 is 0. The van der Waals surface area contributed by atoms with Crippen LogP contribution in [0.4, 0.5) is 0 Å². The SMILES string of the molecule is CCCNC1CC(c2cccc(C)c2)Oc2ccccc21. The van der Waals surface area contributed by atoms with Crippen LogP contribution in [0.3, 0.4) is 0 Å². The Kier molecular flexibility index (Phi) is 4.26. The van der Waals surface area contributed by atoms with E-state index in [2.05, 4.69) is 61.6 Å². The van der Waals surface area contributed by atoms with Crippen LogP contribution in [0.2, 0.25) is 0 Å². The van der Waals surface area contributed by atoms with Gasteiger partial charge in [-0.15, -0.1) is 0 Å². The van der Waals surface area contributed by atoms with E-state index in [4.69, 9.17) is 4.74 Å². The quantitative estimate of drug-likeness (QED) is 0.887. The van der Waals surface area contributed by atoms with E-state index >= 15 is 0 Å². The Morgan fingerprint density at radius 2 is 2.00 bits per heavy atom. The summed E-state index contributed by atoms with van der Waals surface area (Å²) in [5, 5.41) is 3.66. The molecule has 2 aromatic carbocycles. The largest absolute Gasteiger partial charge is 0.485 e. The molecule has 2 unspecified atom stereocenters. The van der Waals surface area contributed by atoms with Gasteiger partial charge in [-0.1, -0.05) is 55.0 Å². The Bertz CT molecular complexity index is 608. The van der Waals surface area contributed by atoms with Gasteiger partial charge < -0.3 is 10.1 Å². The zero-order valence-corrected chi connectivity index (χ0v) is 12.8. The molecule has 1 heterocycles. The third-order valence-electron chi connectivity index (χ3n) is 4.07. The van der Waals surface area contributed by atoms with Crippen LogP contribution in [0.1, 0.15) is 48.6 Å². The molecular formula is C19H23NO. The fraction of sp³-hybridized carbons (Fsp3) is 0.368. The second-order valence-electron chi connectivity index (χ2n) is 5.80. The maximum Gasteiger partial charge on any atom is 0.126 e. The predicted molar refractivity (Wildman–Crippen MR) is 86.6 cm³/mol. The summed E-state index contributed by atoms with van der Waals surface area (Å²) in [7, 11) is 0. The van der Waals surface area contributed by atoms with Gasteiger partial charge in [0.25, 0.3) is 0 Å². The molecule has 0 bridgehead atoms. The van der Waals surface area contributed by atoms with Gasteiger partial charge >= 0.3 is 0 Å². The molecule has 0 amide bonds. The monoisotopic (exact) mass is 281 g/mol. The first kappa shape index (κ1) is 14.2. The molecule has 2 heteroatoms. The topological polar surface area (TPSA) is 21.3 Å². The highest BCUT2D eigenvalue weighted by molar-refractivity contribution is 5.39. The van der Waals surface area contributed by atoms with Crippen molar-refractivity contribution in [2.24, 2.45) is 0 Å². The van der Waals surface area contributed by atoms with Crippen LogP contribution in [0.25, 0.3) is 0 Å². The number of aryl methyl sites for hydroxylation is 1. The Labute approximate surface area is 127 Å². The van der Waals surface area contributed by atoms with E-state index in [-0.39, 0.29) is 6.10 Å². The number of fused-ring (bicyclic) bond motifs is 1. The summed E-state index contributed by atoms with van der Waals surface area (Å²) in [6.07, 6.45) is 2.27. The summed E-state index contributed by atoms with van der Waals surface area (Å²) in [5.74, 6) is 1.02. The smallest absolute Gasteiger partial charge is 0.126 e. The van der Waals surface area contributed by atoms with Gasteiger partial charge in [-0.25, -0.2) is 0 Å². The Balaban J connectivity index is 1.89. The van der Waals surface area contributed by atoms with Crippen molar-refractivity contribution in [1.82, 2.24) is 5.32 Å². The van der Waals surface area contributed by atoms with E-state index in [1.807, 2.05) is 6.07 Å². The van der Waals surface area contributed by atoms with Gasteiger partial charge in [0.05, 0.1) is 0 Å². The first-order valence-corrected chi connectivity index (χ1v) is 7.83. The van der Waals surface area contributed by atoms with Crippen molar-refractivity contribution in [2.45, 2.75) is 38.8 Å². The molecule has 0 aromatic heterocycles. The number of hydrogen-bond donors (Lipinski definition) is 1. The minimum absolute atomic E-state index is 0.133. The molecule has 2 nitrogen and oxygen atoms in total. The summed E-state index contributed by atoms with van der Waals surface area (Å²) in [6.45, 7) is 5.38. The van der Waals surface area contributed by atoms with Crippen LogP contribution in [0.5, 0.6) is 5.75 Å². The molecule has 0 radical (unpaired) electrons. The first-order valence-electron chi connectivity index (χ1n) is 7.83. The lowest BCUT2D eigenvalue weighted by molar-refractivity contribution is 0.151. The fourth-order valence-corrected chi connectivity index (χ4v) is 3.00. The maximum absolute atomic E-state index is 6.24. The van der Waals surface area contributed by atoms with E-state index in [9.17, 15) is 0 Å².